The molecule has 31 rings (SSSR count). The predicted molar refractivity (Wildman–Crippen MR) is 554 cm³/mol. The molecule has 133 heavy (non-hydrogen) atoms. The van der Waals surface area contributed by atoms with E-state index in [1.165, 1.54) is 196 Å². The van der Waals surface area contributed by atoms with Crippen molar-refractivity contribution in [2.45, 2.75) is 75.0 Å². The van der Waals surface area contributed by atoms with Gasteiger partial charge in [0.1, 0.15) is 0 Å². The molecule has 0 aliphatic heterocycles. The Bertz CT molecular complexity index is 7970. The number of nitrogens with zero attached hydrogens (tertiary/aromatic N) is 5. The topological polar surface area (TPSA) is 21.3 Å². The number of fused-ring (bicyclic) bond motifs is 15. The molecule has 3 aromatic heterocycles. The van der Waals surface area contributed by atoms with Crippen molar-refractivity contribution < 1.29 is 0 Å². The first kappa shape index (κ1) is 76.8. The lowest BCUT2D eigenvalue weighted by atomic mass is 9.43. The molecule has 0 unspecified atom stereocenters. The summed E-state index contributed by atoms with van der Waals surface area (Å²) < 4.78 is 7.26. The first-order valence-electron chi connectivity index (χ1n) is 48.7. The van der Waals surface area contributed by atoms with Crippen molar-refractivity contribution in [1.82, 2.24) is 13.7 Å². The van der Waals surface area contributed by atoms with Gasteiger partial charge in [-0.05, 0) is 340 Å². The molecule has 2 spiro atoms. The molecule has 21 aromatic rings. The Morgan fingerprint density at radius 1 is 0.173 bits per heavy atom. The lowest BCUT2D eigenvalue weighted by Crippen LogP contribution is -2.55. The number of hydrogen-bond donors (Lipinski definition) is 0. The largest absolute Gasteiger partial charge is 0.310 e. The van der Waals surface area contributed by atoms with Crippen molar-refractivity contribution in [2.24, 2.45) is 47.3 Å². The lowest BCUT2D eigenvalue weighted by Gasteiger charge is -2.61. The fourth-order valence-electron chi connectivity index (χ4n) is 28.3. The summed E-state index contributed by atoms with van der Waals surface area (Å²) >= 11 is 0. The number of rotatable bonds is 13. The van der Waals surface area contributed by atoms with Crippen LogP contribution in [-0.2, 0) is 10.8 Å². The molecule has 0 N–H and O–H groups in total. The van der Waals surface area contributed by atoms with Gasteiger partial charge >= 0.3 is 0 Å². The fraction of sp³-hybridized carbons (Fsp3) is 0.156. The summed E-state index contributed by atoms with van der Waals surface area (Å²) in [5.74, 6) is 6.84. The van der Waals surface area contributed by atoms with E-state index in [0.717, 1.165) is 98.5 Å². The second-order valence-corrected chi connectivity index (χ2v) is 39.9. The van der Waals surface area contributed by atoms with Crippen LogP contribution in [0.25, 0.3) is 149 Å². The van der Waals surface area contributed by atoms with Gasteiger partial charge in [-0.3, -0.25) is 0 Å². The molecule has 18 aromatic carbocycles. The Hall–Kier alpha value is -15.0. The van der Waals surface area contributed by atoms with Crippen molar-refractivity contribution in [3.8, 4) is 83.8 Å². The smallest absolute Gasteiger partial charge is 0.0561 e. The van der Waals surface area contributed by atoms with Gasteiger partial charge in [0.2, 0.25) is 0 Å². The SMILES string of the molecule is c1ccc(-c2ccc(-c3ccc(N(c4ccc(-c5ccc6c(c5)-c5ccccc5C65C6CC7CC(C6)CC5C7)cc4)c4ccc5c6ccccc6n(-c6ccccc6)c5c4)cc3)cc2)cc1.c1ccc(-n2c3ccccc3c3ccc(N(c4ccc(-c5ccc6c(c5)-c5ccccc5C65C6CC7CC(C6)CC5C7)cc4)c4ccc5c6ccccc6n(-c6ccccc6)c5c4)cc32)cc1. The maximum absolute atomic E-state index is 2.55. The van der Waals surface area contributed by atoms with E-state index in [-0.39, 0.29) is 10.8 Å². The third-order valence-corrected chi connectivity index (χ3v) is 33.3. The maximum Gasteiger partial charge on any atom is 0.0561 e. The van der Waals surface area contributed by atoms with Crippen LogP contribution in [0.3, 0.4) is 0 Å². The van der Waals surface area contributed by atoms with Crippen molar-refractivity contribution >= 4 is 99.5 Å². The summed E-state index contributed by atoms with van der Waals surface area (Å²) in [7, 11) is 0. The highest BCUT2D eigenvalue weighted by Crippen LogP contribution is 2.72. The second kappa shape index (κ2) is 30.3. The number of hydrogen-bond acceptors (Lipinski definition) is 2. The van der Waals surface area contributed by atoms with Crippen molar-refractivity contribution in [2.75, 3.05) is 9.80 Å². The summed E-state index contributed by atoms with van der Waals surface area (Å²) in [6.45, 7) is 0. The van der Waals surface area contributed by atoms with E-state index in [1.807, 2.05) is 0 Å². The van der Waals surface area contributed by atoms with Crippen LogP contribution in [0, 0.1) is 47.3 Å². The van der Waals surface area contributed by atoms with E-state index in [0.29, 0.717) is 0 Å². The van der Waals surface area contributed by atoms with Crippen LogP contribution in [0.2, 0.25) is 0 Å². The van der Waals surface area contributed by atoms with Gasteiger partial charge in [0.25, 0.3) is 0 Å². The first-order valence-corrected chi connectivity index (χ1v) is 48.7. The van der Waals surface area contributed by atoms with Gasteiger partial charge in [-0.15, -0.1) is 0 Å². The molecule has 5 nitrogen and oxygen atoms in total. The molecule has 8 saturated carbocycles. The zero-order valence-corrected chi connectivity index (χ0v) is 74.4. The first-order chi connectivity index (χ1) is 65.9. The van der Waals surface area contributed by atoms with E-state index in [1.54, 1.807) is 22.3 Å². The van der Waals surface area contributed by atoms with Crippen LogP contribution < -0.4 is 9.80 Å². The van der Waals surface area contributed by atoms with Crippen LogP contribution in [0.5, 0.6) is 0 Å². The quantitative estimate of drug-likeness (QED) is 0.115. The molecular formula is C128H99N5. The highest BCUT2D eigenvalue weighted by Gasteiger charge is 2.63. The Labute approximate surface area is 776 Å². The number of benzene rings is 18. The summed E-state index contributed by atoms with van der Waals surface area (Å²) in [6, 6.07) is 161. The molecular weight excluding hydrogens is 1610 g/mol. The van der Waals surface area contributed by atoms with Gasteiger partial charge < -0.3 is 23.5 Å². The molecule has 0 radical (unpaired) electrons. The standard InChI is InChI=1S/C64H49N3.C64H50N2/c1-3-13-47(14-4-1)66-60-21-11-8-18-53(60)55-30-28-50(39-62(55)66)65(51-29-31-56-54-19-9-12-22-61(54)67(63(56)40-51)48-15-5-2-6-16-48)49-26-23-43(24-27-49)44-25-32-59-57(38-44)52-17-7-10-20-58(52)64(59)45-34-41-33-42(36-45)37-46(64)35-41;1-3-11-44(12-4-1)45-19-21-46(22-20-45)47-23-28-53(29-24-47)65(55-32-33-58-57-16-8-10-18-62(57)66(63(58)41-55)52-13-5-2-6-14-52)54-30-25-48(26-31-54)49-27-34-61-59(40-49)56-15-7-9-17-60(56)64(61)50-36-42-35-43(38-50)39-51(64)37-42/h1-32,38-42,45-46H,33-37H2;1-34,40-43,50-51H,35-39H2. The van der Waals surface area contributed by atoms with Gasteiger partial charge in [-0.1, -0.05) is 291 Å². The molecule has 8 bridgehead atoms. The van der Waals surface area contributed by atoms with Crippen LogP contribution >= 0.6 is 0 Å². The molecule has 8 fully saturated rings. The number of aromatic nitrogens is 3. The van der Waals surface area contributed by atoms with Crippen LogP contribution in [0.15, 0.2) is 431 Å². The average Bonchev–Trinajstić information content (AvgIpc) is 1.53. The summed E-state index contributed by atoms with van der Waals surface area (Å²) in [6.07, 6.45) is 14.2. The minimum atomic E-state index is 0.183. The van der Waals surface area contributed by atoms with Gasteiger partial charge in [0.05, 0.1) is 33.1 Å². The molecule has 3 heterocycles. The molecule has 0 atom stereocenters. The third kappa shape index (κ3) is 11.9. The third-order valence-electron chi connectivity index (χ3n) is 33.3. The normalized spacial score (nSPS) is 21.1. The highest BCUT2D eigenvalue weighted by atomic mass is 15.2. The van der Waals surface area contributed by atoms with E-state index >= 15 is 0 Å². The minimum Gasteiger partial charge on any atom is -0.310 e. The van der Waals surface area contributed by atoms with Crippen molar-refractivity contribution in [1.29, 1.82) is 0 Å². The van der Waals surface area contributed by atoms with Crippen molar-refractivity contribution in [3.63, 3.8) is 0 Å². The van der Waals surface area contributed by atoms with Gasteiger partial charge in [0.15, 0.2) is 0 Å². The Kier molecular flexibility index (Phi) is 17.5. The summed E-state index contributed by atoms with van der Waals surface area (Å²) in [5, 5.41) is 7.50. The summed E-state index contributed by atoms with van der Waals surface area (Å²) in [5.41, 5.74) is 40.0. The van der Waals surface area contributed by atoms with Gasteiger partial charge in [0, 0.05) is 94.3 Å². The van der Waals surface area contributed by atoms with E-state index < -0.39 is 0 Å². The lowest BCUT2D eigenvalue weighted by molar-refractivity contribution is -0.0399. The fourth-order valence-corrected chi connectivity index (χ4v) is 28.3. The van der Waals surface area contributed by atoms with E-state index in [4.69, 9.17) is 0 Å². The molecule has 636 valence electrons. The minimum absolute atomic E-state index is 0.183. The number of anilines is 6. The maximum atomic E-state index is 2.55. The van der Waals surface area contributed by atoms with E-state index in [2.05, 4.69) is 454 Å². The highest BCUT2D eigenvalue weighted by molar-refractivity contribution is 6.14. The van der Waals surface area contributed by atoms with Crippen LogP contribution in [0.1, 0.15) is 86.5 Å². The predicted octanol–water partition coefficient (Wildman–Crippen LogP) is 33.7. The Morgan fingerprint density at radius 3 is 0.752 bits per heavy atom. The van der Waals surface area contributed by atoms with E-state index in [9.17, 15) is 0 Å². The Morgan fingerprint density at radius 2 is 0.414 bits per heavy atom. The summed E-state index contributed by atoms with van der Waals surface area (Å²) in [4.78, 5) is 4.88. The van der Waals surface area contributed by atoms with Crippen LogP contribution in [0.4, 0.5) is 34.1 Å². The molecule has 0 saturated heterocycles. The molecule has 0 amide bonds. The molecule has 5 heteroatoms. The van der Waals surface area contributed by atoms with Gasteiger partial charge in [-0.2, -0.15) is 0 Å². The zero-order valence-electron chi connectivity index (χ0n) is 74.4. The van der Waals surface area contributed by atoms with Gasteiger partial charge in [-0.25, -0.2) is 0 Å². The monoisotopic (exact) mass is 1710 g/mol. The van der Waals surface area contributed by atoms with Crippen LogP contribution in [-0.4, -0.2) is 13.7 Å². The molecule has 10 aliphatic carbocycles. The Balaban J connectivity index is 0.000000133. The molecule has 10 aliphatic rings. The number of para-hydroxylation sites is 6. The zero-order chi connectivity index (χ0) is 87.1. The van der Waals surface area contributed by atoms with Crippen molar-refractivity contribution in [3.05, 3.63) is 453 Å². The average molecular weight is 1710 g/mol. The second-order valence-electron chi connectivity index (χ2n) is 39.9.